The van der Waals surface area contributed by atoms with E-state index in [1.54, 1.807) is 18.2 Å². The molecular weight excluding hydrogens is 602 g/mol. The summed E-state index contributed by atoms with van der Waals surface area (Å²) in [6.07, 6.45) is 2.52. The summed E-state index contributed by atoms with van der Waals surface area (Å²) in [5.41, 5.74) is 11.2. The maximum Gasteiger partial charge on any atom is 0.341 e. The predicted molar refractivity (Wildman–Crippen MR) is 152 cm³/mol. The molecule has 2 aromatic carbocycles. The molecule has 226 valence electrons. The Bertz CT molecular complexity index is 1870. The topological polar surface area (TPSA) is 223 Å². The number of nitrogens with one attached hydrogen (secondary N) is 1. The van der Waals surface area contributed by atoms with Crippen LogP contribution in [0, 0.1) is 17.0 Å². The van der Waals surface area contributed by atoms with Crippen molar-refractivity contribution in [2.24, 2.45) is 10.7 Å². The smallest absolute Gasteiger partial charge is 0.341 e. The quantitative estimate of drug-likeness (QED) is 0.103. The number of benzene rings is 2. The normalized spacial score (nSPS) is 15.2. The molecular formula is C27H22F2N8O6S. The molecule has 17 heteroatoms. The maximum absolute atomic E-state index is 15.6. The van der Waals surface area contributed by atoms with Crippen molar-refractivity contribution in [2.45, 2.75) is 16.2 Å². The highest BCUT2D eigenvalue weighted by Gasteiger charge is 2.28. The number of aromatic nitrogens is 3. The van der Waals surface area contributed by atoms with Gasteiger partial charge in [-0.2, -0.15) is 4.39 Å². The molecule has 14 nitrogen and oxygen atoms in total. The lowest BCUT2D eigenvalue weighted by Gasteiger charge is -2.22. The average molecular weight is 625 g/mol. The number of carboxylic acid groups (broad SMARTS) is 1. The summed E-state index contributed by atoms with van der Waals surface area (Å²) in [7, 11) is -0.308. The van der Waals surface area contributed by atoms with Gasteiger partial charge in [-0.1, -0.05) is 0 Å². The Labute approximate surface area is 249 Å². The highest BCUT2D eigenvalue weighted by molar-refractivity contribution is 7.84. The first-order chi connectivity index (χ1) is 20.9. The van der Waals surface area contributed by atoms with Gasteiger partial charge in [0.15, 0.2) is 17.3 Å². The Morgan fingerprint density at radius 2 is 1.91 bits per heavy atom. The number of phenols is 1. The van der Waals surface area contributed by atoms with Crippen molar-refractivity contribution in [3.05, 3.63) is 77.1 Å². The number of ether oxygens (including phenoxy) is 2. The zero-order chi connectivity index (χ0) is 31.7. The van der Waals surface area contributed by atoms with Crippen LogP contribution in [0.5, 0.6) is 28.9 Å². The van der Waals surface area contributed by atoms with E-state index in [1.807, 2.05) is 0 Å². The Hall–Kier alpha value is -5.55. The van der Waals surface area contributed by atoms with Gasteiger partial charge in [0.1, 0.15) is 39.9 Å². The fraction of sp³-hybridized carbons (Fsp3) is 0.111. The van der Waals surface area contributed by atoms with Crippen molar-refractivity contribution in [1.82, 2.24) is 19.9 Å². The largest absolute Gasteiger partial charge is 0.504 e. The van der Waals surface area contributed by atoms with Crippen molar-refractivity contribution in [1.29, 1.82) is 5.41 Å². The summed E-state index contributed by atoms with van der Waals surface area (Å²) in [6.45, 7) is 0.437. The van der Waals surface area contributed by atoms with Crippen LogP contribution in [0.2, 0.25) is 0 Å². The van der Waals surface area contributed by atoms with Crippen LogP contribution in [0.4, 0.5) is 14.6 Å². The monoisotopic (exact) mass is 624 g/mol. The Balaban J connectivity index is 1.52. The lowest BCUT2D eigenvalue weighted by molar-refractivity contribution is 0.0697. The van der Waals surface area contributed by atoms with E-state index in [4.69, 9.17) is 31.5 Å². The van der Waals surface area contributed by atoms with Gasteiger partial charge in [-0.05, 0) is 43.4 Å². The summed E-state index contributed by atoms with van der Waals surface area (Å²) in [5, 5.41) is 26.6. The second-order valence-electron chi connectivity index (χ2n) is 9.22. The van der Waals surface area contributed by atoms with Crippen molar-refractivity contribution >= 4 is 34.6 Å². The van der Waals surface area contributed by atoms with Crippen molar-refractivity contribution in [2.75, 3.05) is 19.3 Å². The number of amidine groups is 1. The van der Waals surface area contributed by atoms with Crippen molar-refractivity contribution in [3.8, 4) is 28.9 Å². The molecule has 1 aliphatic rings. The minimum absolute atomic E-state index is 0.0559. The van der Waals surface area contributed by atoms with E-state index in [9.17, 15) is 18.5 Å². The van der Waals surface area contributed by atoms with E-state index in [-0.39, 0.29) is 49.9 Å². The van der Waals surface area contributed by atoms with Gasteiger partial charge in [-0.3, -0.25) is 15.3 Å². The van der Waals surface area contributed by atoms with Crippen LogP contribution in [0.15, 0.2) is 63.8 Å². The number of aliphatic imine (C=N–C) groups is 1. The summed E-state index contributed by atoms with van der Waals surface area (Å²) in [6, 6.07) is 7.81. The first kappa shape index (κ1) is 29.9. The molecule has 7 N–H and O–H groups in total. The molecule has 0 amide bonds. The summed E-state index contributed by atoms with van der Waals surface area (Å²) in [5.74, 6) is -6.99. The molecule has 0 saturated carbocycles. The number of nitrogens with zero attached hydrogens (tertiary/aromatic N) is 5. The van der Waals surface area contributed by atoms with Gasteiger partial charge in [-0.15, -0.1) is 0 Å². The number of aromatic hydroxyl groups is 1. The van der Waals surface area contributed by atoms with Gasteiger partial charge in [0.05, 0.1) is 6.20 Å². The number of hydrogen-bond donors (Lipinski definition) is 5. The molecule has 0 spiro atoms. The lowest BCUT2D eigenvalue weighted by atomic mass is 10.1. The van der Waals surface area contributed by atoms with E-state index in [0.29, 0.717) is 12.7 Å². The molecule has 44 heavy (non-hydrogen) atoms. The van der Waals surface area contributed by atoms with Crippen LogP contribution in [-0.4, -0.2) is 65.9 Å². The number of rotatable bonds is 9. The fourth-order valence-corrected chi connectivity index (χ4v) is 5.02. The number of aromatic carboxylic acids is 1. The van der Waals surface area contributed by atoms with Gasteiger partial charge < -0.3 is 31.2 Å². The molecule has 5 rings (SSSR count). The first-order valence-electron chi connectivity index (χ1n) is 12.4. The van der Waals surface area contributed by atoms with E-state index in [2.05, 4.69) is 19.9 Å². The maximum atomic E-state index is 15.6. The third kappa shape index (κ3) is 5.86. The first-order valence-corrected chi connectivity index (χ1v) is 13.6. The third-order valence-corrected chi connectivity index (χ3v) is 7.50. The second kappa shape index (κ2) is 12.0. The lowest BCUT2D eigenvalue weighted by Crippen LogP contribution is -2.19. The van der Waals surface area contributed by atoms with Crippen LogP contribution in [0.1, 0.15) is 27.7 Å². The minimum atomic E-state index is -2.04. The number of nitrogens with two attached hydrogens (primary N) is 2. The number of carbonyl (C=O) groups is 1. The molecule has 3 heterocycles. The molecule has 1 aliphatic heterocycles. The number of anilines is 1. The molecule has 2 atom stereocenters. The zero-order valence-electron chi connectivity index (χ0n) is 22.6. The van der Waals surface area contributed by atoms with E-state index in [0.717, 1.165) is 6.20 Å². The summed E-state index contributed by atoms with van der Waals surface area (Å²) >= 11 is 0. The van der Waals surface area contributed by atoms with E-state index in [1.165, 1.54) is 36.4 Å². The number of phenolic OH excluding ortho intramolecular Hbond substituents is 1. The average Bonchev–Trinajstić information content (AvgIpc) is 3.42. The molecule has 0 aliphatic carbocycles. The molecule has 0 saturated heterocycles. The van der Waals surface area contributed by atoms with Gasteiger partial charge in [0.25, 0.3) is 5.88 Å². The van der Waals surface area contributed by atoms with Crippen LogP contribution in [-0.2, 0) is 10.8 Å². The van der Waals surface area contributed by atoms with Crippen LogP contribution >= 0.6 is 0 Å². The molecule has 2 aromatic heterocycles. The molecule has 2 unspecified atom stereocenters. The van der Waals surface area contributed by atoms with Crippen LogP contribution in [0.3, 0.4) is 0 Å². The van der Waals surface area contributed by atoms with Crippen molar-refractivity contribution < 1.29 is 37.5 Å². The van der Waals surface area contributed by atoms with Gasteiger partial charge in [0, 0.05) is 35.0 Å². The summed E-state index contributed by atoms with van der Waals surface area (Å²) < 4.78 is 54.9. The Kier molecular flexibility index (Phi) is 8.15. The predicted octanol–water partition coefficient (Wildman–Crippen LogP) is 3.19. The highest BCUT2D eigenvalue weighted by atomic mass is 32.2. The second-order valence-corrected chi connectivity index (χ2v) is 10.6. The standard InChI is InChI=1S/C27H22F2N8O6S/c1-37-7-6-33-24(37)14-9-13(44(41)27-35-10-15(26(39)40)23(32)36-27)3-5-18(14)42-21-16(28)11-34-25(20(21)29)43-19-8-12(22(30)31)2-4-17(19)38/h2-6,8-11,24,38H,7H2,1H3,(H3,30,31)(H,39,40)(H2,32,35,36). The number of carboxylic acids is 1. The fourth-order valence-electron chi connectivity index (χ4n) is 4.06. The minimum Gasteiger partial charge on any atom is -0.504 e. The number of halogens is 2. The van der Waals surface area contributed by atoms with Crippen LogP contribution in [0.25, 0.3) is 0 Å². The van der Waals surface area contributed by atoms with Crippen LogP contribution < -0.4 is 20.9 Å². The Morgan fingerprint density at radius 3 is 2.57 bits per heavy atom. The number of hydrogen-bond acceptors (Lipinski definition) is 12. The third-order valence-electron chi connectivity index (χ3n) is 6.29. The molecule has 0 radical (unpaired) electrons. The SMILES string of the molecule is CN1CC=NC1c1cc(S(=O)c2ncc(C(=O)O)c(N)n2)ccc1Oc1c(F)cnc(Oc2cc(C(=N)N)ccc2O)c1F. The molecule has 0 fully saturated rings. The van der Waals surface area contributed by atoms with E-state index < -0.39 is 51.9 Å². The van der Waals surface area contributed by atoms with Gasteiger partial charge >= 0.3 is 5.97 Å². The highest BCUT2D eigenvalue weighted by Crippen LogP contribution is 2.40. The van der Waals surface area contributed by atoms with E-state index >= 15 is 4.39 Å². The zero-order valence-corrected chi connectivity index (χ0v) is 23.4. The summed E-state index contributed by atoms with van der Waals surface area (Å²) in [4.78, 5) is 28.9. The molecule has 4 aromatic rings. The Morgan fingerprint density at radius 1 is 1.14 bits per heavy atom. The van der Waals surface area contributed by atoms with Crippen molar-refractivity contribution in [3.63, 3.8) is 0 Å². The molecule has 0 bridgehead atoms. The number of pyridine rings is 1. The van der Waals surface area contributed by atoms with Gasteiger partial charge in [-0.25, -0.2) is 28.3 Å². The van der Waals surface area contributed by atoms with Gasteiger partial charge in [0.2, 0.25) is 16.7 Å². The number of nitrogen functional groups attached to an aromatic ring is 2.